The van der Waals surface area contributed by atoms with Gasteiger partial charge in [-0.15, -0.1) is 0 Å². The molecule has 1 heterocycles. The van der Waals surface area contributed by atoms with Gasteiger partial charge in [-0.1, -0.05) is 13.8 Å². The van der Waals surface area contributed by atoms with Crippen LogP contribution < -0.4 is 16.8 Å². The molecule has 0 saturated carbocycles. The molecule has 11 nitrogen and oxygen atoms in total. The third kappa shape index (κ3) is 15.3. The van der Waals surface area contributed by atoms with Gasteiger partial charge < -0.3 is 37.2 Å². The molecule has 0 unspecified atom stereocenters. The Bertz CT molecular complexity index is 464. The molecule has 0 radical (unpaired) electrons. The van der Waals surface area contributed by atoms with E-state index >= 15 is 0 Å². The van der Waals surface area contributed by atoms with Crippen LogP contribution in [0.25, 0.3) is 0 Å². The van der Waals surface area contributed by atoms with Gasteiger partial charge >= 0.3 is 23.9 Å². The second kappa shape index (κ2) is 14.0. The molecule has 9 N–H and O–H groups in total. The minimum atomic E-state index is -1.29. The maximum absolute atomic E-state index is 10.1. The van der Waals surface area contributed by atoms with Crippen LogP contribution in [-0.2, 0) is 19.2 Å². The first-order valence-corrected chi connectivity index (χ1v) is 8.03. The van der Waals surface area contributed by atoms with Crippen molar-refractivity contribution < 1.29 is 39.6 Å². The normalized spacial score (nSPS) is 17.8. The fourth-order valence-electron chi connectivity index (χ4n) is 1.78. The number of nitrogens with two attached hydrogens (primary N) is 2. The highest BCUT2D eigenvalue weighted by Gasteiger charge is 2.20. The summed E-state index contributed by atoms with van der Waals surface area (Å²) in [6.07, 6.45) is 1.80. The molecule has 1 saturated heterocycles. The van der Waals surface area contributed by atoms with Gasteiger partial charge in [-0.05, 0) is 31.7 Å². The molecule has 1 rings (SSSR count). The SMILES string of the molecule is CC(C)C[C@H](N)C(=O)O.N[C@@H](CC(=O)O)C(=O)O.O=C(O)[C@@H]1CCCN1. The molecular weight excluding hydrogens is 350 g/mol. The van der Waals surface area contributed by atoms with Crippen molar-refractivity contribution in [3.05, 3.63) is 0 Å². The molecule has 11 heteroatoms. The van der Waals surface area contributed by atoms with E-state index in [0.29, 0.717) is 12.3 Å². The molecule has 0 aliphatic carbocycles. The highest BCUT2D eigenvalue weighted by Crippen LogP contribution is 2.03. The predicted molar refractivity (Wildman–Crippen MR) is 91.6 cm³/mol. The Morgan fingerprint density at radius 1 is 1.00 bits per heavy atom. The van der Waals surface area contributed by atoms with E-state index < -0.39 is 42.4 Å². The van der Waals surface area contributed by atoms with Gasteiger partial charge in [-0.2, -0.15) is 0 Å². The summed E-state index contributed by atoms with van der Waals surface area (Å²) in [7, 11) is 0. The van der Waals surface area contributed by atoms with Gasteiger partial charge in [0.25, 0.3) is 0 Å². The lowest BCUT2D eigenvalue weighted by atomic mass is 10.1. The second-order valence-corrected chi connectivity index (χ2v) is 6.10. The number of aliphatic carboxylic acids is 4. The summed E-state index contributed by atoms with van der Waals surface area (Å²) in [5, 5.41) is 35.5. The lowest BCUT2D eigenvalue weighted by molar-refractivity contribution is -0.144. The zero-order valence-corrected chi connectivity index (χ0v) is 14.9. The summed E-state index contributed by atoms with van der Waals surface area (Å²) in [6, 6.07) is -2.25. The number of carboxylic acids is 4. The van der Waals surface area contributed by atoms with Gasteiger partial charge in [0.05, 0.1) is 6.42 Å². The summed E-state index contributed by atoms with van der Waals surface area (Å²) < 4.78 is 0. The highest BCUT2D eigenvalue weighted by molar-refractivity contribution is 5.80. The van der Waals surface area contributed by atoms with Crippen LogP contribution in [0.3, 0.4) is 0 Å². The van der Waals surface area contributed by atoms with E-state index in [0.717, 1.165) is 19.4 Å². The summed E-state index contributed by atoms with van der Waals surface area (Å²) >= 11 is 0. The zero-order valence-electron chi connectivity index (χ0n) is 14.9. The Hall–Kier alpha value is -2.24. The highest BCUT2D eigenvalue weighted by atomic mass is 16.4. The maximum atomic E-state index is 10.1. The second-order valence-electron chi connectivity index (χ2n) is 6.10. The monoisotopic (exact) mass is 379 g/mol. The topological polar surface area (TPSA) is 213 Å². The standard InChI is InChI=1S/C6H13NO2.C5H9NO2.C4H7NO4/c1-4(2)3-5(7)6(8)9;7-5(8)4-2-1-3-6-4;5-2(4(8)9)1-3(6)7/h4-5H,3,7H2,1-2H3,(H,8,9);4,6H,1-3H2,(H,7,8);2H,1,5H2,(H,6,7)(H,8,9)/t5-;4-;2-/m000/s1. The summed E-state index contributed by atoms with van der Waals surface area (Å²) in [4.78, 5) is 39.9. The fourth-order valence-corrected chi connectivity index (χ4v) is 1.78. The molecule has 0 aromatic carbocycles. The molecule has 0 amide bonds. The average Bonchev–Trinajstić information content (AvgIpc) is 3.01. The van der Waals surface area contributed by atoms with Crippen LogP contribution in [0.15, 0.2) is 0 Å². The third-order valence-corrected chi connectivity index (χ3v) is 3.11. The Labute approximate surface area is 151 Å². The van der Waals surface area contributed by atoms with Crippen molar-refractivity contribution in [2.75, 3.05) is 6.54 Å². The summed E-state index contributed by atoms with van der Waals surface area (Å²) in [5.74, 6) is -3.77. The van der Waals surface area contributed by atoms with Crippen molar-refractivity contribution in [2.45, 2.75) is 57.7 Å². The first-order valence-electron chi connectivity index (χ1n) is 8.03. The maximum Gasteiger partial charge on any atom is 0.321 e. The number of rotatable bonds is 7. The van der Waals surface area contributed by atoms with Crippen molar-refractivity contribution in [3.63, 3.8) is 0 Å². The van der Waals surface area contributed by atoms with Crippen LogP contribution in [-0.4, -0.2) is 69.0 Å². The number of carbonyl (C=O) groups is 4. The number of nitrogens with one attached hydrogen (secondary N) is 1. The minimum Gasteiger partial charge on any atom is -0.481 e. The van der Waals surface area contributed by atoms with Crippen LogP contribution in [0.2, 0.25) is 0 Å². The minimum absolute atomic E-state index is 0.269. The third-order valence-electron chi connectivity index (χ3n) is 3.11. The summed E-state index contributed by atoms with van der Waals surface area (Å²) in [5.41, 5.74) is 10.1. The number of hydrogen-bond acceptors (Lipinski definition) is 7. The van der Waals surface area contributed by atoms with Crippen LogP contribution in [0.4, 0.5) is 0 Å². The van der Waals surface area contributed by atoms with Crippen LogP contribution in [0, 0.1) is 5.92 Å². The lowest BCUT2D eigenvalue weighted by Crippen LogP contribution is -2.32. The summed E-state index contributed by atoms with van der Waals surface area (Å²) in [6.45, 7) is 4.75. The van der Waals surface area contributed by atoms with Gasteiger partial charge in [-0.25, -0.2) is 0 Å². The Balaban J connectivity index is 0. The fraction of sp³-hybridized carbons (Fsp3) is 0.733. The number of hydrogen-bond donors (Lipinski definition) is 7. The lowest BCUT2D eigenvalue weighted by Gasteiger charge is -2.07. The van der Waals surface area contributed by atoms with Crippen LogP contribution in [0.1, 0.15) is 39.5 Å². The van der Waals surface area contributed by atoms with Crippen molar-refractivity contribution in [2.24, 2.45) is 17.4 Å². The molecular formula is C15H29N3O8. The molecule has 1 aliphatic rings. The molecule has 152 valence electrons. The molecule has 1 fully saturated rings. The van der Waals surface area contributed by atoms with E-state index in [-0.39, 0.29) is 6.04 Å². The molecule has 0 aromatic heterocycles. The Morgan fingerprint density at radius 3 is 1.65 bits per heavy atom. The van der Waals surface area contributed by atoms with Crippen LogP contribution >= 0.6 is 0 Å². The Morgan fingerprint density at radius 2 is 1.50 bits per heavy atom. The molecule has 0 aromatic rings. The van der Waals surface area contributed by atoms with E-state index in [4.69, 9.17) is 31.9 Å². The van der Waals surface area contributed by atoms with Crippen molar-refractivity contribution in [3.8, 4) is 0 Å². The predicted octanol–water partition coefficient (Wildman–Crippen LogP) is -0.860. The van der Waals surface area contributed by atoms with Gasteiger partial charge in [-0.3, -0.25) is 19.2 Å². The van der Waals surface area contributed by atoms with E-state index in [9.17, 15) is 19.2 Å². The van der Waals surface area contributed by atoms with E-state index in [1.165, 1.54) is 0 Å². The smallest absolute Gasteiger partial charge is 0.321 e. The van der Waals surface area contributed by atoms with E-state index in [2.05, 4.69) is 5.32 Å². The van der Waals surface area contributed by atoms with E-state index in [1.807, 2.05) is 13.8 Å². The van der Waals surface area contributed by atoms with Gasteiger partial charge in [0.1, 0.15) is 18.1 Å². The molecule has 0 bridgehead atoms. The molecule has 0 spiro atoms. The van der Waals surface area contributed by atoms with Gasteiger partial charge in [0.2, 0.25) is 0 Å². The largest absolute Gasteiger partial charge is 0.481 e. The quantitative estimate of drug-likeness (QED) is 0.289. The zero-order chi connectivity index (χ0) is 20.9. The Kier molecular flexibility index (Phi) is 14.0. The molecule has 3 atom stereocenters. The van der Waals surface area contributed by atoms with Crippen molar-refractivity contribution in [1.29, 1.82) is 0 Å². The van der Waals surface area contributed by atoms with Gasteiger partial charge in [0, 0.05) is 0 Å². The van der Waals surface area contributed by atoms with Crippen molar-refractivity contribution >= 4 is 23.9 Å². The first-order chi connectivity index (χ1) is 11.9. The number of carboxylic acid groups (broad SMARTS) is 4. The molecule has 26 heavy (non-hydrogen) atoms. The van der Waals surface area contributed by atoms with Crippen molar-refractivity contribution in [1.82, 2.24) is 5.32 Å². The van der Waals surface area contributed by atoms with E-state index in [1.54, 1.807) is 0 Å². The van der Waals surface area contributed by atoms with Gasteiger partial charge in [0.15, 0.2) is 0 Å². The molecule has 1 aliphatic heterocycles. The average molecular weight is 379 g/mol. The first kappa shape index (κ1) is 26.0. The van der Waals surface area contributed by atoms with Crippen LogP contribution in [0.5, 0.6) is 0 Å².